The normalized spacial score (nSPS) is 19.6. The second kappa shape index (κ2) is 7.13. The van der Waals surface area contributed by atoms with Crippen molar-refractivity contribution in [2.75, 3.05) is 6.54 Å². The Kier molecular flexibility index (Phi) is 6.13. The third-order valence-electron chi connectivity index (χ3n) is 4.94. The molecule has 0 radical (unpaired) electrons. The SMILES string of the molecule is CCC(CC)(CN)C(=O)N[C@@H](C)C1CCCCC1. The summed E-state index contributed by atoms with van der Waals surface area (Å²) >= 11 is 0. The van der Waals surface area contributed by atoms with Gasteiger partial charge in [0.15, 0.2) is 0 Å². The minimum absolute atomic E-state index is 0.160. The van der Waals surface area contributed by atoms with Gasteiger partial charge in [-0.2, -0.15) is 0 Å². The lowest BCUT2D eigenvalue weighted by Gasteiger charge is -2.34. The smallest absolute Gasteiger partial charge is 0.227 e. The van der Waals surface area contributed by atoms with Gasteiger partial charge >= 0.3 is 0 Å². The van der Waals surface area contributed by atoms with E-state index in [1.165, 1.54) is 32.1 Å². The summed E-state index contributed by atoms with van der Waals surface area (Å²) in [7, 11) is 0. The predicted octanol–water partition coefficient (Wildman–Crippen LogP) is 2.84. The van der Waals surface area contributed by atoms with Crippen molar-refractivity contribution in [3.63, 3.8) is 0 Å². The molecule has 1 aliphatic carbocycles. The summed E-state index contributed by atoms with van der Waals surface area (Å²) < 4.78 is 0. The van der Waals surface area contributed by atoms with Gasteiger partial charge in [0.25, 0.3) is 0 Å². The van der Waals surface area contributed by atoms with Gasteiger partial charge in [-0.15, -0.1) is 0 Å². The molecular formula is C15H30N2O. The van der Waals surface area contributed by atoms with Crippen molar-refractivity contribution in [2.45, 2.75) is 71.8 Å². The standard InChI is InChI=1S/C15H30N2O/c1-4-15(5-2,11-16)14(18)17-12(3)13-9-7-6-8-10-13/h12-13H,4-11,16H2,1-3H3,(H,17,18)/t12-/m0/s1. The Morgan fingerprint density at radius 2 is 1.83 bits per heavy atom. The van der Waals surface area contributed by atoms with Gasteiger partial charge in [-0.05, 0) is 38.5 Å². The first-order valence-corrected chi connectivity index (χ1v) is 7.60. The molecule has 0 aromatic carbocycles. The molecule has 1 saturated carbocycles. The van der Waals surface area contributed by atoms with Crippen LogP contribution in [-0.4, -0.2) is 18.5 Å². The van der Waals surface area contributed by atoms with Gasteiger partial charge in [0.05, 0.1) is 5.41 Å². The molecule has 0 bridgehead atoms. The number of carbonyl (C=O) groups excluding carboxylic acids is 1. The van der Waals surface area contributed by atoms with E-state index in [9.17, 15) is 4.79 Å². The quantitative estimate of drug-likeness (QED) is 0.766. The van der Waals surface area contributed by atoms with E-state index in [0.717, 1.165) is 12.8 Å². The van der Waals surface area contributed by atoms with Gasteiger partial charge in [-0.3, -0.25) is 4.79 Å². The molecular weight excluding hydrogens is 224 g/mol. The van der Waals surface area contributed by atoms with Crippen LogP contribution >= 0.6 is 0 Å². The molecule has 1 amide bonds. The molecule has 0 spiro atoms. The van der Waals surface area contributed by atoms with Gasteiger partial charge in [-0.1, -0.05) is 33.1 Å². The first-order chi connectivity index (χ1) is 8.59. The van der Waals surface area contributed by atoms with E-state index in [2.05, 4.69) is 26.1 Å². The number of amides is 1. The molecule has 1 fully saturated rings. The fraction of sp³-hybridized carbons (Fsp3) is 0.933. The minimum atomic E-state index is -0.358. The van der Waals surface area contributed by atoms with Crippen LogP contribution in [0.2, 0.25) is 0 Å². The van der Waals surface area contributed by atoms with E-state index < -0.39 is 0 Å². The van der Waals surface area contributed by atoms with Crippen LogP contribution < -0.4 is 11.1 Å². The zero-order valence-corrected chi connectivity index (χ0v) is 12.3. The Bertz CT molecular complexity index is 247. The fourth-order valence-electron chi connectivity index (χ4n) is 3.06. The number of hydrogen-bond donors (Lipinski definition) is 2. The van der Waals surface area contributed by atoms with E-state index in [4.69, 9.17) is 5.73 Å². The Morgan fingerprint density at radius 1 is 1.28 bits per heavy atom. The predicted molar refractivity (Wildman–Crippen MR) is 76.2 cm³/mol. The van der Waals surface area contributed by atoms with Crippen LogP contribution in [0.25, 0.3) is 0 Å². The molecule has 18 heavy (non-hydrogen) atoms. The first-order valence-electron chi connectivity index (χ1n) is 7.60. The maximum Gasteiger partial charge on any atom is 0.227 e. The average Bonchev–Trinajstić information content (AvgIpc) is 2.42. The van der Waals surface area contributed by atoms with Gasteiger partial charge in [0.1, 0.15) is 0 Å². The zero-order valence-electron chi connectivity index (χ0n) is 12.3. The molecule has 1 aliphatic rings. The number of rotatable bonds is 6. The summed E-state index contributed by atoms with van der Waals surface area (Å²) in [5, 5.41) is 3.22. The highest BCUT2D eigenvalue weighted by Gasteiger charge is 2.35. The van der Waals surface area contributed by atoms with Crippen LogP contribution in [0.15, 0.2) is 0 Å². The molecule has 0 unspecified atom stereocenters. The van der Waals surface area contributed by atoms with Gasteiger partial charge in [0.2, 0.25) is 5.91 Å². The van der Waals surface area contributed by atoms with Gasteiger partial charge in [-0.25, -0.2) is 0 Å². The number of hydrogen-bond acceptors (Lipinski definition) is 2. The number of nitrogens with one attached hydrogen (secondary N) is 1. The highest BCUT2D eigenvalue weighted by atomic mass is 16.2. The first kappa shape index (κ1) is 15.5. The van der Waals surface area contributed by atoms with Crippen molar-refractivity contribution in [3.05, 3.63) is 0 Å². The van der Waals surface area contributed by atoms with Crippen LogP contribution in [0.4, 0.5) is 0 Å². The summed E-state index contributed by atoms with van der Waals surface area (Å²) in [6, 6.07) is 0.293. The van der Waals surface area contributed by atoms with Crippen molar-refractivity contribution < 1.29 is 4.79 Å². The largest absolute Gasteiger partial charge is 0.353 e. The van der Waals surface area contributed by atoms with Crippen molar-refractivity contribution in [1.82, 2.24) is 5.32 Å². The average molecular weight is 254 g/mol. The van der Waals surface area contributed by atoms with Crippen molar-refractivity contribution in [2.24, 2.45) is 17.1 Å². The third kappa shape index (κ3) is 3.47. The van der Waals surface area contributed by atoms with Crippen molar-refractivity contribution >= 4 is 5.91 Å². The third-order valence-corrected chi connectivity index (χ3v) is 4.94. The number of nitrogens with two attached hydrogens (primary N) is 1. The Labute approximate surface area is 112 Å². The zero-order chi connectivity index (χ0) is 13.6. The molecule has 3 nitrogen and oxygen atoms in total. The molecule has 0 aromatic heterocycles. The molecule has 3 heteroatoms. The topological polar surface area (TPSA) is 55.1 Å². The van der Waals surface area contributed by atoms with Crippen molar-refractivity contribution in [1.29, 1.82) is 0 Å². The lowest BCUT2D eigenvalue weighted by molar-refractivity contribution is -0.132. The van der Waals surface area contributed by atoms with E-state index in [1.54, 1.807) is 0 Å². The Hall–Kier alpha value is -0.570. The van der Waals surface area contributed by atoms with Crippen LogP contribution in [0, 0.1) is 11.3 Å². The molecule has 0 aromatic rings. The Morgan fingerprint density at radius 3 is 2.28 bits per heavy atom. The lowest BCUT2D eigenvalue weighted by Crippen LogP contribution is -2.50. The van der Waals surface area contributed by atoms with Crippen LogP contribution in [0.1, 0.15) is 65.7 Å². The summed E-state index contributed by atoms with van der Waals surface area (Å²) in [5.74, 6) is 0.819. The molecule has 1 rings (SSSR count). The summed E-state index contributed by atoms with van der Waals surface area (Å²) in [6.45, 7) is 6.71. The van der Waals surface area contributed by atoms with Gasteiger partial charge < -0.3 is 11.1 Å². The molecule has 3 N–H and O–H groups in total. The summed E-state index contributed by atoms with van der Waals surface area (Å²) in [4.78, 5) is 12.4. The molecule has 0 heterocycles. The maximum absolute atomic E-state index is 12.4. The van der Waals surface area contributed by atoms with E-state index in [0.29, 0.717) is 18.5 Å². The second-order valence-electron chi connectivity index (χ2n) is 5.85. The lowest BCUT2D eigenvalue weighted by atomic mass is 9.80. The maximum atomic E-state index is 12.4. The summed E-state index contributed by atoms with van der Waals surface area (Å²) in [5.41, 5.74) is 5.46. The van der Waals surface area contributed by atoms with Gasteiger partial charge in [0, 0.05) is 12.6 Å². The molecule has 106 valence electrons. The minimum Gasteiger partial charge on any atom is -0.353 e. The molecule has 0 aliphatic heterocycles. The van der Waals surface area contributed by atoms with Crippen LogP contribution in [0.5, 0.6) is 0 Å². The molecule has 1 atom stereocenters. The van der Waals surface area contributed by atoms with E-state index >= 15 is 0 Å². The second-order valence-corrected chi connectivity index (χ2v) is 5.85. The van der Waals surface area contributed by atoms with E-state index in [1.807, 2.05) is 0 Å². The van der Waals surface area contributed by atoms with E-state index in [-0.39, 0.29) is 11.3 Å². The Balaban J connectivity index is 2.56. The monoisotopic (exact) mass is 254 g/mol. The van der Waals surface area contributed by atoms with Crippen LogP contribution in [0.3, 0.4) is 0 Å². The van der Waals surface area contributed by atoms with Crippen molar-refractivity contribution in [3.8, 4) is 0 Å². The van der Waals surface area contributed by atoms with Crippen LogP contribution in [-0.2, 0) is 4.79 Å². The highest BCUT2D eigenvalue weighted by molar-refractivity contribution is 5.83. The number of carbonyl (C=O) groups is 1. The summed E-state index contributed by atoms with van der Waals surface area (Å²) in [6.07, 6.45) is 8.15. The highest BCUT2D eigenvalue weighted by Crippen LogP contribution is 2.29. The fourth-order valence-corrected chi connectivity index (χ4v) is 3.06. The molecule has 0 saturated heterocycles.